The molecule has 0 unspecified atom stereocenters. The fraction of sp³-hybridized carbons (Fsp3) is 0.929. The number of rotatable bonds is 2. The average molecular weight is 221 g/mol. The lowest BCUT2D eigenvalue weighted by atomic mass is 9.42. The molecule has 4 bridgehead atoms. The van der Waals surface area contributed by atoms with Crippen molar-refractivity contribution in [3.8, 4) is 0 Å². The largest absolute Gasteiger partial charge is 0.550 e. The smallest absolute Gasteiger partial charge is 0.0476 e. The number of carbonyl (C=O) groups excluding carboxylic acids is 1. The van der Waals surface area contributed by atoms with Crippen molar-refractivity contribution < 1.29 is 9.90 Å². The molecular formula is C14H21O2-. The molecule has 0 saturated heterocycles. The lowest BCUT2D eigenvalue weighted by Crippen LogP contribution is -2.59. The highest BCUT2D eigenvalue weighted by Gasteiger charge is 2.58. The molecule has 0 aromatic heterocycles. The van der Waals surface area contributed by atoms with E-state index < -0.39 is 11.4 Å². The number of aliphatic carboxylic acids is 1. The summed E-state index contributed by atoms with van der Waals surface area (Å²) in [5.74, 6) is 1.20. The fourth-order valence-electron chi connectivity index (χ4n) is 5.25. The Morgan fingerprint density at radius 3 is 2.19 bits per heavy atom. The second-order valence-electron chi connectivity index (χ2n) is 7.05. The van der Waals surface area contributed by atoms with Gasteiger partial charge in [-0.25, -0.2) is 0 Å². The molecule has 0 aromatic rings. The predicted molar refractivity (Wildman–Crippen MR) is 59.4 cm³/mol. The van der Waals surface area contributed by atoms with Crippen molar-refractivity contribution in [1.29, 1.82) is 0 Å². The molecule has 4 aliphatic rings. The Kier molecular flexibility index (Phi) is 2.01. The zero-order valence-electron chi connectivity index (χ0n) is 10.3. The van der Waals surface area contributed by atoms with Crippen LogP contribution in [0, 0.1) is 28.6 Å². The first-order valence-electron chi connectivity index (χ1n) is 6.67. The molecular weight excluding hydrogens is 200 g/mol. The van der Waals surface area contributed by atoms with E-state index in [1.165, 1.54) is 19.3 Å². The monoisotopic (exact) mass is 221 g/mol. The molecule has 4 saturated carbocycles. The fourth-order valence-corrected chi connectivity index (χ4v) is 5.25. The zero-order chi connectivity index (χ0) is 11.6. The van der Waals surface area contributed by atoms with Gasteiger partial charge in [-0.1, -0.05) is 13.8 Å². The standard InChI is InChI=1S/C14H22O2/c1-9(2)13-4-10-3-11(5-13)7-14(6-10,8-13)12(15)16/h9-11H,3-8H2,1-2H3,(H,15,16)/p-1/t10-,11-,13?,14?/m0/s1. The summed E-state index contributed by atoms with van der Waals surface area (Å²) >= 11 is 0. The van der Waals surface area contributed by atoms with Gasteiger partial charge in [-0.05, 0) is 61.7 Å². The Morgan fingerprint density at radius 1 is 1.19 bits per heavy atom. The number of hydrogen-bond acceptors (Lipinski definition) is 2. The van der Waals surface area contributed by atoms with E-state index in [1.807, 2.05) is 0 Å². The molecule has 90 valence electrons. The summed E-state index contributed by atoms with van der Waals surface area (Å²) in [6.45, 7) is 4.55. The van der Waals surface area contributed by atoms with Crippen LogP contribution in [0.5, 0.6) is 0 Å². The van der Waals surface area contributed by atoms with Crippen molar-refractivity contribution in [1.82, 2.24) is 0 Å². The third kappa shape index (κ3) is 1.22. The predicted octanol–water partition coefficient (Wildman–Crippen LogP) is 1.98. The van der Waals surface area contributed by atoms with Gasteiger partial charge in [-0.3, -0.25) is 0 Å². The van der Waals surface area contributed by atoms with Gasteiger partial charge in [0.2, 0.25) is 0 Å². The first-order valence-corrected chi connectivity index (χ1v) is 6.67. The van der Waals surface area contributed by atoms with E-state index in [-0.39, 0.29) is 0 Å². The van der Waals surface area contributed by atoms with Crippen LogP contribution in [0.1, 0.15) is 52.4 Å². The normalized spacial score (nSPS) is 49.9. The minimum atomic E-state index is -0.758. The second kappa shape index (κ2) is 3.02. The Balaban J connectivity index is 2.00. The van der Waals surface area contributed by atoms with Crippen LogP contribution in [0.4, 0.5) is 0 Å². The van der Waals surface area contributed by atoms with Crippen LogP contribution in [0.25, 0.3) is 0 Å². The molecule has 4 fully saturated rings. The van der Waals surface area contributed by atoms with Crippen LogP contribution in [0.2, 0.25) is 0 Å². The van der Waals surface area contributed by atoms with Gasteiger partial charge in [-0.15, -0.1) is 0 Å². The third-order valence-corrected chi connectivity index (χ3v) is 5.76. The van der Waals surface area contributed by atoms with Crippen LogP contribution in [0.15, 0.2) is 0 Å². The topological polar surface area (TPSA) is 40.1 Å². The summed E-state index contributed by atoms with van der Waals surface area (Å²) in [7, 11) is 0. The summed E-state index contributed by atoms with van der Waals surface area (Å²) in [6, 6.07) is 0. The highest BCUT2D eigenvalue weighted by molar-refractivity contribution is 5.73. The van der Waals surface area contributed by atoms with Gasteiger partial charge in [0.1, 0.15) is 0 Å². The molecule has 4 aliphatic carbocycles. The van der Waals surface area contributed by atoms with Gasteiger partial charge in [0.05, 0.1) is 0 Å². The number of hydrogen-bond donors (Lipinski definition) is 0. The molecule has 2 atom stereocenters. The molecule has 2 heteroatoms. The van der Waals surface area contributed by atoms with Crippen LogP contribution in [-0.2, 0) is 4.79 Å². The number of carboxylic acid groups (broad SMARTS) is 1. The Morgan fingerprint density at radius 2 is 1.75 bits per heavy atom. The summed E-state index contributed by atoms with van der Waals surface area (Å²) in [6.07, 6.45) is 6.53. The molecule has 0 aliphatic heterocycles. The van der Waals surface area contributed by atoms with Crippen molar-refractivity contribution in [3.05, 3.63) is 0 Å². The van der Waals surface area contributed by atoms with Crippen LogP contribution in [0.3, 0.4) is 0 Å². The summed E-state index contributed by atoms with van der Waals surface area (Å²) < 4.78 is 0. The van der Waals surface area contributed by atoms with Crippen molar-refractivity contribution in [3.63, 3.8) is 0 Å². The van der Waals surface area contributed by atoms with Gasteiger partial charge < -0.3 is 9.90 Å². The van der Waals surface area contributed by atoms with E-state index in [9.17, 15) is 9.90 Å². The first-order chi connectivity index (χ1) is 7.46. The molecule has 0 amide bonds. The van der Waals surface area contributed by atoms with E-state index in [4.69, 9.17) is 0 Å². The van der Waals surface area contributed by atoms with E-state index in [1.54, 1.807) is 0 Å². The highest BCUT2D eigenvalue weighted by atomic mass is 16.4. The quantitative estimate of drug-likeness (QED) is 0.715. The van der Waals surface area contributed by atoms with Gasteiger partial charge in [0.25, 0.3) is 0 Å². The maximum absolute atomic E-state index is 11.5. The Bertz CT molecular complexity index is 318. The summed E-state index contributed by atoms with van der Waals surface area (Å²) in [5, 5.41) is 11.5. The van der Waals surface area contributed by atoms with E-state index >= 15 is 0 Å². The van der Waals surface area contributed by atoms with Crippen LogP contribution < -0.4 is 5.11 Å². The minimum Gasteiger partial charge on any atom is -0.550 e. The molecule has 4 rings (SSSR count). The van der Waals surface area contributed by atoms with Gasteiger partial charge in [0, 0.05) is 11.4 Å². The van der Waals surface area contributed by atoms with Crippen molar-refractivity contribution >= 4 is 5.97 Å². The van der Waals surface area contributed by atoms with E-state index in [0.29, 0.717) is 23.2 Å². The minimum absolute atomic E-state index is 0.324. The van der Waals surface area contributed by atoms with Gasteiger partial charge in [0.15, 0.2) is 0 Å². The maximum Gasteiger partial charge on any atom is 0.0476 e. The molecule has 0 radical (unpaired) electrons. The molecule has 0 spiro atoms. The zero-order valence-corrected chi connectivity index (χ0v) is 10.3. The Hall–Kier alpha value is -0.530. The van der Waals surface area contributed by atoms with Crippen molar-refractivity contribution in [2.24, 2.45) is 28.6 Å². The van der Waals surface area contributed by atoms with Crippen molar-refractivity contribution in [2.45, 2.75) is 52.4 Å². The Labute approximate surface area is 97.4 Å². The molecule has 0 aromatic carbocycles. The lowest BCUT2D eigenvalue weighted by Gasteiger charge is -2.64. The van der Waals surface area contributed by atoms with E-state index in [2.05, 4.69) is 13.8 Å². The molecule has 0 heterocycles. The molecule has 2 nitrogen and oxygen atoms in total. The summed E-state index contributed by atoms with van der Waals surface area (Å²) in [4.78, 5) is 11.5. The number of carbonyl (C=O) groups is 1. The molecule has 16 heavy (non-hydrogen) atoms. The van der Waals surface area contributed by atoms with E-state index in [0.717, 1.165) is 19.3 Å². The average Bonchev–Trinajstić information content (AvgIpc) is 2.14. The highest BCUT2D eigenvalue weighted by Crippen LogP contribution is 2.67. The summed E-state index contributed by atoms with van der Waals surface area (Å²) in [5.41, 5.74) is -0.126. The third-order valence-electron chi connectivity index (χ3n) is 5.76. The van der Waals surface area contributed by atoms with Crippen molar-refractivity contribution in [2.75, 3.05) is 0 Å². The lowest BCUT2D eigenvalue weighted by molar-refractivity contribution is -0.330. The molecule has 0 N–H and O–H groups in total. The van der Waals surface area contributed by atoms with Gasteiger partial charge in [-0.2, -0.15) is 0 Å². The SMILES string of the molecule is CC(C)C12C[C@@H]3C[C@H](CC(C(=O)[O-])(C3)C1)C2. The maximum atomic E-state index is 11.5. The van der Waals surface area contributed by atoms with Crippen LogP contribution >= 0.6 is 0 Å². The van der Waals surface area contributed by atoms with Crippen LogP contribution in [-0.4, -0.2) is 5.97 Å². The first kappa shape index (κ1) is 10.6. The number of carboxylic acids is 1. The van der Waals surface area contributed by atoms with Gasteiger partial charge >= 0.3 is 0 Å². The second-order valence-corrected chi connectivity index (χ2v) is 7.05.